The van der Waals surface area contributed by atoms with E-state index in [9.17, 15) is 0 Å². The highest BCUT2D eigenvalue weighted by Gasteiger charge is 2.24. The van der Waals surface area contributed by atoms with Gasteiger partial charge in [-0.1, -0.05) is 56.3 Å². The van der Waals surface area contributed by atoms with Gasteiger partial charge in [0.05, 0.1) is 16.7 Å². The average molecular weight is 557 g/mol. The molecule has 0 saturated heterocycles. The zero-order valence-electron chi connectivity index (χ0n) is 25.2. The van der Waals surface area contributed by atoms with E-state index in [0.717, 1.165) is 55.6 Å². The summed E-state index contributed by atoms with van der Waals surface area (Å²) in [5.41, 5.74) is 7.01. The van der Waals surface area contributed by atoms with Gasteiger partial charge in [-0.3, -0.25) is 4.57 Å². The summed E-state index contributed by atoms with van der Waals surface area (Å²) in [6, 6.07) is 29.3. The van der Waals surface area contributed by atoms with Gasteiger partial charge in [0.2, 0.25) is 0 Å². The van der Waals surface area contributed by atoms with Crippen LogP contribution in [0.5, 0.6) is 0 Å². The molecule has 3 nitrogen and oxygen atoms in total. The maximum absolute atomic E-state index is 7.88. The van der Waals surface area contributed by atoms with Gasteiger partial charge in [0, 0.05) is 51.0 Å². The predicted octanol–water partition coefficient (Wildman–Crippen LogP) is 10.3. The minimum Gasteiger partial charge on any atom is -0.292 e. The van der Waals surface area contributed by atoms with Crippen molar-refractivity contribution in [2.75, 3.05) is 0 Å². The van der Waals surface area contributed by atoms with Gasteiger partial charge in [-0.2, -0.15) is 0 Å². The maximum Gasteiger partial charge on any atom is 0.147 e. The summed E-state index contributed by atoms with van der Waals surface area (Å²) in [6.07, 6.45) is 1.79. The first-order valence-electron chi connectivity index (χ1n) is 15.1. The molecule has 4 aromatic heterocycles. The minimum atomic E-state index is -2.25. The van der Waals surface area contributed by atoms with E-state index in [1.54, 1.807) is 17.4 Å². The van der Waals surface area contributed by atoms with Crippen LogP contribution in [0.2, 0.25) is 0 Å². The van der Waals surface area contributed by atoms with E-state index in [1.807, 2.05) is 23.5 Å². The topological polar surface area (TPSA) is 30.7 Å². The van der Waals surface area contributed by atoms with Crippen molar-refractivity contribution < 1.29 is 4.11 Å². The first-order chi connectivity index (χ1) is 20.9. The second kappa shape index (κ2) is 8.98. The van der Waals surface area contributed by atoms with Gasteiger partial charge in [0.25, 0.3) is 0 Å². The monoisotopic (exact) mass is 556 g/mol. The Balaban J connectivity index is 1.48. The predicted molar refractivity (Wildman–Crippen MR) is 174 cm³/mol. The molecule has 0 aliphatic rings. The van der Waals surface area contributed by atoms with Crippen molar-refractivity contribution in [3.8, 4) is 17.1 Å². The van der Waals surface area contributed by atoms with Crippen LogP contribution in [-0.4, -0.2) is 14.5 Å². The van der Waals surface area contributed by atoms with Crippen molar-refractivity contribution in [2.24, 2.45) is 0 Å². The van der Waals surface area contributed by atoms with E-state index in [0.29, 0.717) is 0 Å². The number of benzene rings is 4. The third-order valence-corrected chi connectivity index (χ3v) is 10.3. The molecule has 0 unspecified atom stereocenters. The molecule has 4 heterocycles. The molecule has 0 fully saturated rings. The number of pyridine rings is 1. The number of rotatable bonds is 4. The Morgan fingerprint density at radius 1 is 0.750 bits per heavy atom. The summed E-state index contributed by atoms with van der Waals surface area (Å²) in [4.78, 5) is 10.6. The fraction of sp³-hybridized carbons (Fsp3) is 0.143. The second-order valence-corrected chi connectivity index (χ2v) is 12.2. The van der Waals surface area contributed by atoms with Crippen LogP contribution in [0, 0.1) is 6.85 Å². The Bertz CT molecular complexity index is 2380. The number of nitrogens with zero attached hydrogens (tertiary/aromatic N) is 3. The minimum absolute atomic E-state index is 0.122. The van der Waals surface area contributed by atoms with Crippen LogP contribution in [-0.2, 0) is 12.8 Å². The van der Waals surface area contributed by atoms with Crippen LogP contribution in [0.1, 0.15) is 34.8 Å². The van der Waals surface area contributed by atoms with Gasteiger partial charge in [0.15, 0.2) is 0 Å². The van der Waals surface area contributed by atoms with Gasteiger partial charge in [-0.15, -0.1) is 22.7 Å². The number of aromatic nitrogens is 3. The molecule has 194 valence electrons. The molecule has 0 aliphatic carbocycles. The Morgan fingerprint density at radius 2 is 1.60 bits per heavy atom. The molecule has 0 bridgehead atoms. The van der Waals surface area contributed by atoms with Crippen molar-refractivity contribution in [3.63, 3.8) is 0 Å². The highest BCUT2D eigenvalue weighted by atomic mass is 32.1. The number of imidazole rings is 1. The molecule has 0 aliphatic heterocycles. The molecule has 8 aromatic rings. The number of thiophene rings is 2. The fourth-order valence-electron chi connectivity index (χ4n) is 6.14. The van der Waals surface area contributed by atoms with Crippen molar-refractivity contribution in [1.82, 2.24) is 14.5 Å². The van der Waals surface area contributed by atoms with Crippen LogP contribution in [0.3, 0.4) is 0 Å². The van der Waals surface area contributed by atoms with Crippen LogP contribution >= 0.6 is 22.7 Å². The average Bonchev–Trinajstić information content (AvgIpc) is 3.70. The van der Waals surface area contributed by atoms with E-state index in [1.165, 1.54) is 37.0 Å². The molecule has 5 heteroatoms. The van der Waals surface area contributed by atoms with Crippen molar-refractivity contribution in [3.05, 3.63) is 102 Å². The SMILES string of the molecule is [2H]C([2H])([2H])c1ccc2c(n1)sc1c(-c3nc4ccccc4n3-c3c(CC)cc4c(sc5ccccc54)c3CC)cccc12. The van der Waals surface area contributed by atoms with Crippen LogP contribution in [0.4, 0.5) is 0 Å². The van der Waals surface area contributed by atoms with Gasteiger partial charge in [-0.25, -0.2) is 9.97 Å². The summed E-state index contributed by atoms with van der Waals surface area (Å²) < 4.78 is 29.7. The lowest BCUT2D eigenvalue weighted by Crippen LogP contribution is -2.06. The standard InChI is InChI=1S/C35H27N3S2/c1-4-21-19-27-23-11-6-9-16-30(23)39-32(27)22(5-2)31(21)38-29-15-8-7-14-28(29)37-34(38)26-13-10-12-24-25-18-17-20(3)36-35(25)40-33(24)26/h6-19H,4-5H2,1-3H3/i3D3. The van der Waals surface area contributed by atoms with Gasteiger partial charge >= 0.3 is 0 Å². The van der Waals surface area contributed by atoms with E-state index in [2.05, 4.69) is 90.1 Å². The zero-order valence-corrected chi connectivity index (χ0v) is 23.8. The van der Waals surface area contributed by atoms with Crippen molar-refractivity contribution in [1.29, 1.82) is 0 Å². The largest absolute Gasteiger partial charge is 0.292 e. The van der Waals surface area contributed by atoms with Gasteiger partial charge in [-0.05, 0) is 73.3 Å². The molecule has 4 aromatic carbocycles. The first kappa shape index (κ1) is 20.8. The molecule has 0 radical (unpaired) electrons. The molecular formula is C35H27N3S2. The van der Waals surface area contributed by atoms with E-state index < -0.39 is 6.85 Å². The quantitative estimate of drug-likeness (QED) is 0.216. The van der Waals surface area contributed by atoms with Gasteiger partial charge in [0.1, 0.15) is 10.7 Å². The third kappa shape index (κ3) is 3.34. The van der Waals surface area contributed by atoms with E-state index >= 15 is 0 Å². The lowest BCUT2D eigenvalue weighted by Gasteiger charge is -2.19. The Labute approximate surface area is 244 Å². The first-order valence-corrected chi connectivity index (χ1v) is 15.3. The summed E-state index contributed by atoms with van der Waals surface area (Å²) in [6.45, 7) is 2.24. The van der Waals surface area contributed by atoms with Crippen LogP contribution in [0.25, 0.3) is 68.6 Å². The summed E-state index contributed by atoms with van der Waals surface area (Å²) >= 11 is 3.41. The number of para-hydroxylation sites is 2. The van der Waals surface area contributed by atoms with Crippen LogP contribution < -0.4 is 0 Å². The third-order valence-electron chi connectivity index (χ3n) is 7.94. The number of aryl methyl sites for hydroxylation is 3. The number of fused-ring (bicyclic) bond motifs is 7. The lowest BCUT2D eigenvalue weighted by atomic mass is 9.98. The van der Waals surface area contributed by atoms with Crippen molar-refractivity contribution in [2.45, 2.75) is 33.5 Å². The summed E-state index contributed by atoms with van der Waals surface area (Å²) in [5, 5.41) is 4.67. The zero-order chi connectivity index (χ0) is 29.5. The maximum atomic E-state index is 7.88. The molecular weight excluding hydrogens is 527 g/mol. The molecule has 8 rings (SSSR count). The highest BCUT2D eigenvalue weighted by molar-refractivity contribution is 7.26. The fourth-order valence-corrected chi connectivity index (χ4v) is 8.62. The molecule has 0 spiro atoms. The van der Waals surface area contributed by atoms with Crippen molar-refractivity contribution >= 4 is 74.2 Å². The molecule has 0 amide bonds. The Hall–Kier alpha value is -4.06. The molecule has 0 N–H and O–H groups in total. The van der Waals surface area contributed by atoms with Crippen LogP contribution in [0.15, 0.2) is 84.9 Å². The smallest absolute Gasteiger partial charge is 0.147 e. The Kier molecular flexibility index (Phi) is 4.67. The van der Waals surface area contributed by atoms with Gasteiger partial charge < -0.3 is 0 Å². The second-order valence-electron chi connectivity index (χ2n) is 10.1. The summed E-state index contributed by atoms with van der Waals surface area (Å²) in [7, 11) is 0. The van der Waals surface area contributed by atoms with E-state index in [-0.39, 0.29) is 5.69 Å². The number of hydrogen-bond acceptors (Lipinski definition) is 4. The normalized spacial score (nSPS) is 13.5. The number of hydrogen-bond donors (Lipinski definition) is 0. The highest BCUT2D eigenvalue weighted by Crippen LogP contribution is 2.44. The summed E-state index contributed by atoms with van der Waals surface area (Å²) in [5.74, 6) is 0.888. The molecule has 40 heavy (non-hydrogen) atoms. The Morgan fingerprint density at radius 3 is 2.48 bits per heavy atom. The molecule has 0 atom stereocenters. The lowest BCUT2D eigenvalue weighted by molar-refractivity contribution is 1.00. The molecule has 0 saturated carbocycles. The van der Waals surface area contributed by atoms with E-state index in [4.69, 9.17) is 9.10 Å².